The molecule has 0 atom stereocenters. The molecule has 0 fully saturated rings. The van der Waals surface area contributed by atoms with Crippen LogP contribution in [0.15, 0.2) is 18.2 Å². The number of nitriles is 1. The molecule has 0 saturated carbocycles. The molecule has 0 saturated heterocycles. The number of nitrogens with zero attached hydrogens (tertiary/aromatic N) is 1. The molecule has 1 aromatic carbocycles. The third-order valence-electron chi connectivity index (χ3n) is 1.83. The van der Waals surface area contributed by atoms with Crippen LogP contribution in [0.2, 0.25) is 5.02 Å². The molecule has 0 radical (unpaired) electrons. The average molecular weight is 285 g/mol. The molecule has 0 aliphatic rings. The standard InChI is InChI=1S/C11H9ClN2O3S/c12-8-2-1-7(4-13)9(3-8)14-10(15)5-18-6-11(16)17/h1-3H,5-6H2,(H,14,15)(H,16,17). The van der Waals surface area contributed by atoms with Gasteiger partial charge in [-0.05, 0) is 18.2 Å². The van der Waals surface area contributed by atoms with Crippen LogP contribution in [0, 0.1) is 11.3 Å². The summed E-state index contributed by atoms with van der Waals surface area (Å²) in [7, 11) is 0. The Balaban J connectivity index is 2.61. The van der Waals surface area contributed by atoms with Crippen molar-refractivity contribution >= 4 is 40.9 Å². The Morgan fingerprint density at radius 2 is 2.17 bits per heavy atom. The highest BCUT2D eigenvalue weighted by atomic mass is 35.5. The number of halogens is 1. The maximum absolute atomic E-state index is 11.5. The van der Waals surface area contributed by atoms with Crippen molar-refractivity contribution in [3.05, 3.63) is 28.8 Å². The second-order valence-electron chi connectivity index (χ2n) is 3.24. The quantitative estimate of drug-likeness (QED) is 0.863. The van der Waals surface area contributed by atoms with Gasteiger partial charge in [0.2, 0.25) is 5.91 Å². The Bertz CT molecular complexity index is 514. The monoisotopic (exact) mass is 284 g/mol. The number of hydrogen-bond acceptors (Lipinski definition) is 4. The van der Waals surface area contributed by atoms with Gasteiger partial charge < -0.3 is 10.4 Å². The van der Waals surface area contributed by atoms with E-state index < -0.39 is 5.97 Å². The molecule has 0 aliphatic heterocycles. The fourth-order valence-electron chi connectivity index (χ4n) is 1.13. The molecule has 0 bridgehead atoms. The number of carboxylic acids is 1. The molecule has 7 heteroatoms. The van der Waals surface area contributed by atoms with Gasteiger partial charge in [-0.15, -0.1) is 11.8 Å². The minimum Gasteiger partial charge on any atom is -0.481 e. The third kappa shape index (κ3) is 4.65. The molecule has 0 aliphatic carbocycles. The summed E-state index contributed by atoms with van der Waals surface area (Å²) in [6.07, 6.45) is 0. The Kier molecular flexibility index (Phi) is 5.49. The molecule has 1 aromatic rings. The molecular formula is C11H9ClN2O3S. The largest absolute Gasteiger partial charge is 0.481 e. The van der Waals surface area contributed by atoms with Crippen LogP contribution in [0.1, 0.15) is 5.56 Å². The molecule has 0 unspecified atom stereocenters. The predicted molar refractivity (Wildman–Crippen MR) is 69.8 cm³/mol. The lowest BCUT2D eigenvalue weighted by Gasteiger charge is -2.06. The minimum absolute atomic E-state index is 0.00365. The Morgan fingerprint density at radius 1 is 1.44 bits per heavy atom. The first-order valence-electron chi connectivity index (χ1n) is 4.82. The van der Waals surface area contributed by atoms with Crippen LogP contribution in [-0.4, -0.2) is 28.5 Å². The van der Waals surface area contributed by atoms with E-state index in [0.29, 0.717) is 16.3 Å². The molecule has 94 valence electrons. The van der Waals surface area contributed by atoms with Crippen LogP contribution in [-0.2, 0) is 9.59 Å². The fourth-order valence-corrected chi connectivity index (χ4v) is 1.84. The normalized spacial score (nSPS) is 9.56. The number of carboxylic acid groups (broad SMARTS) is 1. The Labute approximate surface area is 113 Å². The number of amides is 1. The van der Waals surface area contributed by atoms with Crippen molar-refractivity contribution in [2.75, 3.05) is 16.8 Å². The number of aliphatic carboxylic acids is 1. The lowest BCUT2D eigenvalue weighted by Crippen LogP contribution is -2.16. The van der Waals surface area contributed by atoms with Crippen molar-refractivity contribution in [2.24, 2.45) is 0 Å². The van der Waals surface area contributed by atoms with E-state index in [-0.39, 0.29) is 17.4 Å². The Hall–Kier alpha value is -1.71. The SMILES string of the molecule is N#Cc1ccc(Cl)cc1NC(=O)CSCC(=O)O. The van der Waals surface area contributed by atoms with Crippen LogP contribution >= 0.6 is 23.4 Å². The summed E-state index contributed by atoms with van der Waals surface area (Å²) >= 11 is 6.74. The van der Waals surface area contributed by atoms with E-state index in [2.05, 4.69) is 5.32 Å². The minimum atomic E-state index is -0.978. The van der Waals surface area contributed by atoms with Crippen LogP contribution in [0.4, 0.5) is 5.69 Å². The van der Waals surface area contributed by atoms with Gasteiger partial charge in [0.1, 0.15) is 6.07 Å². The maximum Gasteiger partial charge on any atom is 0.313 e. The number of rotatable bonds is 5. The van der Waals surface area contributed by atoms with Gasteiger partial charge in [0, 0.05) is 5.02 Å². The number of anilines is 1. The number of carbonyl (C=O) groups excluding carboxylic acids is 1. The molecule has 18 heavy (non-hydrogen) atoms. The zero-order valence-corrected chi connectivity index (χ0v) is 10.7. The summed E-state index contributed by atoms with van der Waals surface area (Å²) in [6.45, 7) is 0. The fraction of sp³-hybridized carbons (Fsp3) is 0.182. The molecular weight excluding hydrogens is 276 g/mol. The molecule has 1 amide bonds. The van der Waals surface area contributed by atoms with Crippen LogP contribution in [0.3, 0.4) is 0 Å². The van der Waals surface area contributed by atoms with Crippen molar-refractivity contribution < 1.29 is 14.7 Å². The number of nitrogens with one attached hydrogen (secondary N) is 1. The summed E-state index contributed by atoms with van der Waals surface area (Å²) < 4.78 is 0. The molecule has 5 nitrogen and oxygen atoms in total. The van der Waals surface area contributed by atoms with Crippen molar-refractivity contribution in [1.29, 1.82) is 5.26 Å². The van der Waals surface area contributed by atoms with Crippen molar-refractivity contribution in [3.8, 4) is 6.07 Å². The van der Waals surface area contributed by atoms with Crippen LogP contribution in [0.5, 0.6) is 0 Å². The number of hydrogen-bond donors (Lipinski definition) is 2. The summed E-state index contributed by atoms with van der Waals surface area (Å²) in [4.78, 5) is 21.8. The van der Waals surface area contributed by atoms with E-state index in [1.54, 1.807) is 6.07 Å². The van der Waals surface area contributed by atoms with E-state index in [1.165, 1.54) is 12.1 Å². The van der Waals surface area contributed by atoms with Gasteiger partial charge in [0.05, 0.1) is 22.8 Å². The van der Waals surface area contributed by atoms with Gasteiger partial charge in [0.25, 0.3) is 0 Å². The van der Waals surface area contributed by atoms with Crippen LogP contribution in [0.25, 0.3) is 0 Å². The van der Waals surface area contributed by atoms with Crippen molar-refractivity contribution in [3.63, 3.8) is 0 Å². The topological polar surface area (TPSA) is 90.2 Å². The van der Waals surface area contributed by atoms with Gasteiger partial charge in [0.15, 0.2) is 0 Å². The maximum atomic E-state index is 11.5. The lowest BCUT2D eigenvalue weighted by atomic mass is 10.2. The Morgan fingerprint density at radius 3 is 2.78 bits per heavy atom. The van der Waals surface area contributed by atoms with Gasteiger partial charge in [-0.25, -0.2) is 0 Å². The smallest absolute Gasteiger partial charge is 0.313 e. The highest BCUT2D eigenvalue weighted by molar-refractivity contribution is 8.00. The highest BCUT2D eigenvalue weighted by Gasteiger charge is 2.08. The third-order valence-corrected chi connectivity index (χ3v) is 2.99. The first kappa shape index (κ1) is 14.4. The predicted octanol–water partition coefficient (Wildman–Crippen LogP) is 1.97. The summed E-state index contributed by atoms with van der Waals surface area (Å²) in [6, 6.07) is 6.45. The molecule has 0 aromatic heterocycles. The molecule has 2 N–H and O–H groups in total. The summed E-state index contributed by atoms with van der Waals surface area (Å²) in [5.74, 6) is -1.49. The summed E-state index contributed by atoms with van der Waals surface area (Å²) in [5.41, 5.74) is 0.627. The highest BCUT2D eigenvalue weighted by Crippen LogP contribution is 2.20. The van der Waals surface area contributed by atoms with Gasteiger partial charge in [-0.3, -0.25) is 9.59 Å². The molecule has 0 spiro atoms. The molecule has 0 heterocycles. The average Bonchev–Trinajstić information content (AvgIpc) is 2.28. The van der Waals surface area contributed by atoms with E-state index in [0.717, 1.165) is 11.8 Å². The van der Waals surface area contributed by atoms with Gasteiger partial charge >= 0.3 is 5.97 Å². The second kappa shape index (κ2) is 6.89. The number of thioether (sulfide) groups is 1. The van der Waals surface area contributed by atoms with E-state index in [4.69, 9.17) is 22.0 Å². The summed E-state index contributed by atoms with van der Waals surface area (Å²) in [5, 5.41) is 20.2. The van der Waals surface area contributed by atoms with Crippen molar-refractivity contribution in [1.82, 2.24) is 0 Å². The van der Waals surface area contributed by atoms with E-state index in [1.807, 2.05) is 6.07 Å². The van der Waals surface area contributed by atoms with Gasteiger partial charge in [-0.2, -0.15) is 5.26 Å². The number of benzene rings is 1. The number of carbonyl (C=O) groups is 2. The lowest BCUT2D eigenvalue weighted by molar-refractivity contribution is -0.133. The molecule has 1 rings (SSSR count). The zero-order valence-electron chi connectivity index (χ0n) is 9.14. The van der Waals surface area contributed by atoms with Crippen molar-refractivity contribution in [2.45, 2.75) is 0 Å². The van der Waals surface area contributed by atoms with Gasteiger partial charge in [-0.1, -0.05) is 11.6 Å². The van der Waals surface area contributed by atoms with Crippen LogP contribution < -0.4 is 5.32 Å². The first-order chi connectivity index (χ1) is 8.52. The zero-order chi connectivity index (χ0) is 13.5. The van der Waals surface area contributed by atoms with E-state index >= 15 is 0 Å². The second-order valence-corrected chi connectivity index (χ2v) is 4.66. The first-order valence-corrected chi connectivity index (χ1v) is 6.35. The van der Waals surface area contributed by atoms with E-state index in [9.17, 15) is 9.59 Å².